The number of carboxylic acids is 1. The van der Waals surface area contributed by atoms with Gasteiger partial charge in [0.25, 0.3) is 0 Å². The number of rotatable bonds is 5. The lowest BCUT2D eigenvalue weighted by molar-refractivity contribution is -0.385. The van der Waals surface area contributed by atoms with E-state index in [1.165, 1.54) is 0 Å². The van der Waals surface area contributed by atoms with Gasteiger partial charge in [0.1, 0.15) is 17.6 Å². The smallest absolute Gasteiger partial charge is 0.342 e. The van der Waals surface area contributed by atoms with Crippen LogP contribution in [0.3, 0.4) is 0 Å². The van der Waals surface area contributed by atoms with E-state index >= 15 is 0 Å². The quantitative estimate of drug-likeness (QED) is 0.650. The molecule has 0 amide bonds. The van der Waals surface area contributed by atoms with E-state index in [0.717, 1.165) is 17.8 Å². The van der Waals surface area contributed by atoms with Crippen LogP contribution in [0.4, 0.5) is 11.5 Å². The van der Waals surface area contributed by atoms with E-state index in [1.807, 2.05) is 0 Å². The van der Waals surface area contributed by atoms with E-state index in [-0.39, 0.29) is 5.82 Å². The molecule has 0 aliphatic heterocycles. The molecule has 0 aliphatic rings. The molecule has 0 fully saturated rings. The first-order chi connectivity index (χ1) is 9.97. The number of carboxylic acid groups (broad SMARTS) is 1. The lowest BCUT2D eigenvalue weighted by Gasteiger charge is -2.07. The van der Waals surface area contributed by atoms with Gasteiger partial charge in [-0.15, -0.1) is 0 Å². The summed E-state index contributed by atoms with van der Waals surface area (Å²) in [6.45, 7) is 0.390. The molecule has 1 heterocycles. The van der Waals surface area contributed by atoms with Gasteiger partial charge in [0.15, 0.2) is 0 Å². The molecule has 0 spiro atoms. The van der Waals surface area contributed by atoms with Crippen molar-refractivity contribution in [3.8, 4) is 0 Å². The van der Waals surface area contributed by atoms with Gasteiger partial charge in [-0.25, -0.2) is 9.78 Å². The van der Waals surface area contributed by atoms with Gasteiger partial charge in [-0.3, -0.25) is 10.1 Å². The van der Waals surface area contributed by atoms with Gasteiger partial charge in [0.2, 0.25) is 0 Å². The zero-order valence-corrected chi connectivity index (χ0v) is 11.4. The van der Waals surface area contributed by atoms with E-state index in [4.69, 9.17) is 16.7 Å². The van der Waals surface area contributed by atoms with Crippen molar-refractivity contribution in [2.45, 2.75) is 6.54 Å². The Labute approximate surface area is 124 Å². The van der Waals surface area contributed by atoms with Crippen LogP contribution in [0.25, 0.3) is 0 Å². The third-order valence-corrected chi connectivity index (χ3v) is 2.95. The Balaban J connectivity index is 2.17. The van der Waals surface area contributed by atoms with Gasteiger partial charge in [-0.05, 0) is 17.7 Å². The van der Waals surface area contributed by atoms with Crippen LogP contribution < -0.4 is 5.32 Å². The minimum absolute atomic E-state index is 0.243. The zero-order valence-electron chi connectivity index (χ0n) is 10.6. The molecule has 1 aromatic heterocycles. The number of aromatic carboxylic acids is 1. The highest BCUT2D eigenvalue weighted by Crippen LogP contribution is 2.20. The van der Waals surface area contributed by atoms with Crippen LogP contribution in [0, 0.1) is 10.1 Å². The first-order valence-electron chi connectivity index (χ1n) is 5.83. The molecule has 0 bridgehead atoms. The van der Waals surface area contributed by atoms with Crippen molar-refractivity contribution >= 4 is 29.1 Å². The molecule has 108 valence electrons. The average Bonchev–Trinajstić information content (AvgIpc) is 2.46. The second-order valence-corrected chi connectivity index (χ2v) is 4.57. The predicted octanol–water partition coefficient (Wildman–Crippen LogP) is 2.95. The monoisotopic (exact) mass is 307 g/mol. The highest BCUT2D eigenvalue weighted by Gasteiger charge is 2.20. The van der Waals surface area contributed by atoms with E-state index < -0.39 is 22.1 Å². The summed E-state index contributed by atoms with van der Waals surface area (Å²) in [5.41, 5.74) is -0.0374. The third kappa shape index (κ3) is 3.67. The lowest BCUT2D eigenvalue weighted by Crippen LogP contribution is -2.07. The summed E-state index contributed by atoms with van der Waals surface area (Å²) in [5.74, 6) is -1.13. The number of carbonyl (C=O) groups is 1. The van der Waals surface area contributed by atoms with Crippen LogP contribution in [0.15, 0.2) is 36.5 Å². The predicted molar refractivity (Wildman–Crippen MR) is 76.6 cm³/mol. The minimum atomic E-state index is -1.38. The SMILES string of the molecule is O=C(O)c1cc(NCc2ccc(Cl)cc2)ncc1[N+](=O)[O-]. The highest BCUT2D eigenvalue weighted by molar-refractivity contribution is 6.30. The van der Waals surface area contributed by atoms with Gasteiger partial charge >= 0.3 is 11.7 Å². The molecular formula is C13H10ClN3O4. The molecule has 8 heteroatoms. The Morgan fingerprint density at radius 3 is 2.62 bits per heavy atom. The summed E-state index contributed by atoms with van der Waals surface area (Å²) < 4.78 is 0. The minimum Gasteiger partial charge on any atom is -0.477 e. The number of nitrogens with one attached hydrogen (secondary N) is 1. The van der Waals surface area contributed by atoms with Crippen molar-refractivity contribution in [1.29, 1.82) is 0 Å². The van der Waals surface area contributed by atoms with Crippen molar-refractivity contribution in [3.05, 3.63) is 62.8 Å². The Hall–Kier alpha value is -2.67. The molecule has 2 rings (SSSR count). The molecule has 2 N–H and O–H groups in total. The summed E-state index contributed by atoms with van der Waals surface area (Å²) >= 11 is 5.77. The fourth-order valence-corrected chi connectivity index (χ4v) is 1.78. The Kier molecular flexibility index (Phi) is 4.34. The molecular weight excluding hydrogens is 298 g/mol. The Morgan fingerprint density at radius 1 is 1.38 bits per heavy atom. The summed E-state index contributed by atoms with van der Waals surface area (Å²) in [6, 6.07) is 8.20. The number of nitrogens with zero attached hydrogens (tertiary/aromatic N) is 2. The Bertz CT molecular complexity index is 688. The molecule has 0 radical (unpaired) electrons. The average molecular weight is 308 g/mol. The number of hydrogen-bond donors (Lipinski definition) is 2. The fraction of sp³-hybridized carbons (Fsp3) is 0.0769. The molecule has 0 saturated carbocycles. The largest absolute Gasteiger partial charge is 0.477 e. The molecule has 0 saturated heterocycles. The molecule has 0 aliphatic carbocycles. The maximum Gasteiger partial charge on any atom is 0.342 e. The highest BCUT2D eigenvalue weighted by atomic mass is 35.5. The van der Waals surface area contributed by atoms with Gasteiger partial charge in [-0.2, -0.15) is 0 Å². The normalized spacial score (nSPS) is 10.1. The number of halogens is 1. The number of nitro groups is 1. The van der Waals surface area contributed by atoms with E-state index in [1.54, 1.807) is 24.3 Å². The van der Waals surface area contributed by atoms with Crippen molar-refractivity contribution in [1.82, 2.24) is 4.98 Å². The van der Waals surface area contributed by atoms with Crippen LogP contribution in [0.1, 0.15) is 15.9 Å². The second kappa shape index (κ2) is 6.19. The zero-order chi connectivity index (χ0) is 15.4. The van der Waals surface area contributed by atoms with Gasteiger partial charge in [0.05, 0.1) is 4.92 Å². The first-order valence-corrected chi connectivity index (χ1v) is 6.21. The van der Waals surface area contributed by atoms with Crippen LogP contribution >= 0.6 is 11.6 Å². The van der Waals surface area contributed by atoms with Crippen molar-refractivity contribution < 1.29 is 14.8 Å². The van der Waals surface area contributed by atoms with E-state index in [0.29, 0.717) is 11.6 Å². The molecule has 0 atom stereocenters. The summed E-state index contributed by atoms with van der Waals surface area (Å²) in [6.07, 6.45) is 0.924. The lowest BCUT2D eigenvalue weighted by atomic mass is 10.2. The summed E-state index contributed by atoms with van der Waals surface area (Å²) in [5, 5.41) is 23.2. The van der Waals surface area contributed by atoms with Crippen molar-refractivity contribution in [2.24, 2.45) is 0 Å². The number of hydrogen-bond acceptors (Lipinski definition) is 5. The van der Waals surface area contributed by atoms with Crippen molar-refractivity contribution in [3.63, 3.8) is 0 Å². The molecule has 1 aromatic carbocycles. The molecule has 7 nitrogen and oxygen atoms in total. The van der Waals surface area contributed by atoms with Gasteiger partial charge in [0, 0.05) is 17.6 Å². The van der Waals surface area contributed by atoms with Crippen LogP contribution in [-0.4, -0.2) is 21.0 Å². The van der Waals surface area contributed by atoms with E-state index in [2.05, 4.69) is 10.3 Å². The van der Waals surface area contributed by atoms with Crippen LogP contribution in [0.5, 0.6) is 0 Å². The van der Waals surface area contributed by atoms with E-state index in [9.17, 15) is 14.9 Å². The molecule has 21 heavy (non-hydrogen) atoms. The van der Waals surface area contributed by atoms with Crippen molar-refractivity contribution in [2.75, 3.05) is 5.32 Å². The Morgan fingerprint density at radius 2 is 2.05 bits per heavy atom. The number of benzene rings is 1. The fourth-order valence-electron chi connectivity index (χ4n) is 1.66. The maximum absolute atomic E-state index is 11.0. The summed E-state index contributed by atoms with van der Waals surface area (Å²) in [7, 11) is 0. The first kappa shape index (κ1) is 14.7. The number of aromatic nitrogens is 1. The van der Waals surface area contributed by atoms with Crippen LogP contribution in [0.2, 0.25) is 5.02 Å². The van der Waals surface area contributed by atoms with Gasteiger partial charge in [-0.1, -0.05) is 23.7 Å². The van der Waals surface area contributed by atoms with Gasteiger partial charge < -0.3 is 10.4 Å². The van der Waals surface area contributed by atoms with Crippen LogP contribution in [-0.2, 0) is 6.54 Å². The maximum atomic E-state index is 11.0. The number of anilines is 1. The molecule has 2 aromatic rings. The standard InChI is InChI=1S/C13H10ClN3O4/c14-9-3-1-8(2-4-9)6-15-12-5-10(13(18)19)11(7-16-12)17(20)21/h1-5,7H,6H2,(H,15,16)(H,18,19). The number of pyridine rings is 1. The summed E-state index contributed by atoms with van der Waals surface area (Å²) in [4.78, 5) is 24.8. The topological polar surface area (TPSA) is 105 Å². The third-order valence-electron chi connectivity index (χ3n) is 2.70. The second-order valence-electron chi connectivity index (χ2n) is 4.13. The molecule has 0 unspecified atom stereocenters.